The van der Waals surface area contributed by atoms with Gasteiger partial charge in [-0.2, -0.15) is 5.10 Å². The first-order valence-electron chi connectivity index (χ1n) is 6.16. The minimum absolute atomic E-state index is 0.208. The molecule has 5 nitrogen and oxygen atoms in total. The van der Waals surface area contributed by atoms with Crippen molar-refractivity contribution in [1.82, 2.24) is 9.78 Å². The molecule has 1 aliphatic heterocycles. The van der Waals surface area contributed by atoms with Crippen molar-refractivity contribution in [2.24, 2.45) is 5.92 Å². The van der Waals surface area contributed by atoms with E-state index in [9.17, 15) is 4.79 Å². The quantitative estimate of drug-likeness (QED) is 0.799. The number of hydrogen-bond acceptors (Lipinski definition) is 4. The number of carbonyl (C=O) groups is 1. The topological polar surface area (TPSA) is 53.4 Å². The van der Waals surface area contributed by atoms with Crippen molar-refractivity contribution in [3.8, 4) is 0 Å². The third-order valence-electron chi connectivity index (χ3n) is 3.10. The maximum absolute atomic E-state index is 12.1. The maximum atomic E-state index is 12.1. The van der Waals surface area contributed by atoms with Crippen LogP contribution in [0.5, 0.6) is 0 Å². The van der Waals surface area contributed by atoms with Crippen LogP contribution in [-0.4, -0.2) is 35.6 Å². The first-order chi connectivity index (χ1) is 8.72. The van der Waals surface area contributed by atoms with Gasteiger partial charge in [-0.25, -0.2) is 4.79 Å². The molecule has 100 valence electrons. The molecule has 18 heavy (non-hydrogen) atoms. The second-order valence-corrected chi connectivity index (χ2v) is 5.20. The Kier molecular flexibility index (Phi) is 4.77. The molecule has 0 aromatic carbocycles. The third kappa shape index (κ3) is 3.11. The first kappa shape index (κ1) is 13.5. The second kappa shape index (κ2) is 6.33. The molecule has 0 radical (unpaired) electrons. The van der Waals surface area contributed by atoms with Crippen LogP contribution >= 0.6 is 15.9 Å². The Bertz CT molecular complexity index is 402. The van der Waals surface area contributed by atoms with Gasteiger partial charge in [-0.1, -0.05) is 0 Å². The Hall–Kier alpha value is -0.880. The van der Waals surface area contributed by atoms with Crippen LogP contribution in [0.4, 0.5) is 0 Å². The van der Waals surface area contributed by atoms with Crippen LogP contribution in [0.25, 0.3) is 0 Å². The molecule has 0 bridgehead atoms. The highest BCUT2D eigenvalue weighted by molar-refractivity contribution is 9.10. The van der Waals surface area contributed by atoms with Gasteiger partial charge in [-0.3, -0.25) is 4.68 Å². The van der Waals surface area contributed by atoms with Crippen molar-refractivity contribution >= 4 is 21.9 Å². The van der Waals surface area contributed by atoms with Crippen LogP contribution in [0.3, 0.4) is 0 Å². The number of esters is 1. The molecule has 0 aliphatic carbocycles. The lowest BCUT2D eigenvalue weighted by Crippen LogP contribution is -2.33. The zero-order valence-corrected chi connectivity index (χ0v) is 11.9. The lowest BCUT2D eigenvalue weighted by Gasteiger charge is -2.28. The van der Waals surface area contributed by atoms with E-state index in [-0.39, 0.29) is 17.9 Å². The average Bonchev–Trinajstić information content (AvgIpc) is 2.78. The van der Waals surface area contributed by atoms with Gasteiger partial charge in [0, 0.05) is 19.4 Å². The van der Waals surface area contributed by atoms with E-state index in [2.05, 4.69) is 21.0 Å². The Balaban J connectivity index is 2.18. The Labute approximate surface area is 115 Å². The van der Waals surface area contributed by atoms with Crippen LogP contribution in [0, 0.1) is 5.92 Å². The molecule has 6 heteroatoms. The fourth-order valence-electron chi connectivity index (χ4n) is 2.24. The smallest absolute Gasteiger partial charge is 0.331 e. The first-order valence-corrected chi connectivity index (χ1v) is 6.95. The van der Waals surface area contributed by atoms with Crippen molar-refractivity contribution in [3.63, 3.8) is 0 Å². The lowest BCUT2D eigenvalue weighted by molar-refractivity contribution is -0.150. The number of carbonyl (C=O) groups excluding carboxylic acids is 1. The molecule has 1 aliphatic rings. The van der Waals surface area contributed by atoms with Crippen LogP contribution in [0.2, 0.25) is 0 Å². The number of nitrogens with zero attached hydrogens (tertiary/aromatic N) is 2. The fraction of sp³-hybridized carbons (Fsp3) is 0.667. The van der Waals surface area contributed by atoms with Crippen molar-refractivity contribution in [2.75, 3.05) is 19.8 Å². The summed E-state index contributed by atoms with van der Waals surface area (Å²) in [6.07, 6.45) is 5.23. The molecule has 1 aromatic heterocycles. The van der Waals surface area contributed by atoms with Crippen LogP contribution in [-0.2, 0) is 14.3 Å². The summed E-state index contributed by atoms with van der Waals surface area (Å²) in [7, 11) is 0. The van der Waals surface area contributed by atoms with Gasteiger partial charge in [0.25, 0.3) is 0 Å². The average molecular weight is 317 g/mol. The summed E-state index contributed by atoms with van der Waals surface area (Å²) < 4.78 is 13.1. The summed E-state index contributed by atoms with van der Waals surface area (Å²) in [5.74, 6) is 0.0181. The van der Waals surface area contributed by atoms with Crippen molar-refractivity contribution in [2.45, 2.75) is 25.8 Å². The minimum Gasteiger partial charge on any atom is -0.464 e. The Morgan fingerprint density at radius 1 is 1.67 bits per heavy atom. The van der Waals surface area contributed by atoms with Gasteiger partial charge >= 0.3 is 5.97 Å². The summed E-state index contributed by atoms with van der Waals surface area (Å²) in [6.45, 7) is 3.60. The zero-order valence-electron chi connectivity index (χ0n) is 10.3. The number of ether oxygens (including phenoxy) is 2. The van der Waals surface area contributed by atoms with E-state index in [1.807, 2.05) is 13.1 Å². The van der Waals surface area contributed by atoms with Gasteiger partial charge in [0.2, 0.25) is 0 Å². The van der Waals surface area contributed by atoms with Crippen molar-refractivity contribution < 1.29 is 14.3 Å². The molecule has 1 atom stereocenters. The molecule has 0 amide bonds. The molecule has 0 N–H and O–H groups in total. The highest BCUT2D eigenvalue weighted by Crippen LogP contribution is 2.29. The van der Waals surface area contributed by atoms with Gasteiger partial charge in [-0.05, 0) is 41.6 Å². The van der Waals surface area contributed by atoms with Gasteiger partial charge in [0.05, 0.1) is 17.3 Å². The summed E-state index contributed by atoms with van der Waals surface area (Å²) in [4.78, 5) is 12.1. The van der Waals surface area contributed by atoms with E-state index in [4.69, 9.17) is 9.47 Å². The molecule has 0 saturated carbocycles. The van der Waals surface area contributed by atoms with E-state index in [1.165, 1.54) is 0 Å². The van der Waals surface area contributed by atoms with Gasteiger partial charge in [-0.15, -0.1) is 0 Å². The van der Waals surface area contributed by atoms with Crippen LogP contribution < -0.4 is 0 Å². The molecular formula is C12H17BrN2O3. The minimum atomic E-state index is -0.347. The molecule has 0 spiro atoms. The second-order valence-electron chi connectivity index (χ2n) is 4.29. The highest BCUT2D eigenvalue weighted by atomic mass is 79.9. The van der Waals surface area contributed by atoms with Crippen molar-refractivity contribution in [1.29, 1.82) is 0 Å². The number of aromatic nitrogens is 2. The van der Waals surface area contributed by atoms with E-state index in [1.54, 1.807) is 10.9 Å². The summed E-state index contributed by atoms with van der Waals surface area (Å²) in [6, 6.07) is -0.347. The molecule has 1 saturated heterocycles. The molecule has 1 aromatic rings. The third-order valence-corrected chi connectivity index (χ3v) is 3.51. The summed E-state index contributed by atoms with van der Waals surface area (Å²) in [5, 5.41) is 4.22. The summed E-state index contributed by atoms with van der Waals surface area (Å²) in [5.41, 5.74) is 0. The molecule has 2 heterocycles. The monoisotopic (exact) mass is 316 g/mol. The zero-order chi connectivity index (χ0) is 13.0. The number of hydrogen-bond donors (Lipinski definition) is 0. The van der Waals surface area contributed by atoms with Gasteiger partial charge < -0.3 is 9.47 Å². The van der Waals surface area contributed by atoms with Crippen LogP contribution in [0.1, 0.15) is 25.8 Å². The standard InChI is InChI=1S/C12H17BrN2O3/c1-2-18-12(16)11(9-3-5-17-6-4-9)15-8-10(13)7-14-15/h7-9,11H,2-6H2,1H3. The molecule has 1 fully saturated rings. The van der Waals surface area contributed by atoms with Crippen molar-refractivity contribution in [3.05, 3.63) is 16.9 Å². The number of rotatable bonds is 4. The van der Waals surface area contributed by atoms with Gasteiger partial charge in [0.15, 0.2) is 6.04 Å². The van der Waals surface area contributed by atoms with E-state index < -0.39 is 0 Å². The largest absolute Gasteiger partial charge is 0.464 e. The normalized spacial score (nSPS) is 18.6. The molecule has 2 rings (SSSR count). The summed E-state index contributed by atoms with van der Waals surface area (Å²) >= 11 is 3.35. The van der Waals surface area contributed by atoms with E-state index in [0.29, 0.717) is 19.8 Å². The predicted molar refractivity (Wildman–Crippen MR) is 69.1 cm³/mol. The molecule has 1 unspecified atom stereocenters. The molecular weight excluding hydrogens is 300 g/mol. The van der Waals surface area contributed by atoms with Gasteiger partial charge in [0.1, 0.15) is 0 Å². The fourth-order valence-corrected chi connectivity index (χ4v) is 2.54. The Morgan fingerprint density at radius 2 is 2.39 bits per heavy atom. The van der Waals surface area contributed by atoms with Crippen LogP contribution in [0.15, 0.2) is 16.9 Å². The SMILES string of the molecule is CCOC(=O)C(C1CCOCC1)n1cc(Br)cn1. The highest BCUT2D eigenvalue weighted by Gasteiger charge is 2.33. The lowest BCUT2D eigenvalue weighted by atomic mass is 9.92. The number of halogens is 1. The van der Waals surface area contributed by atoms with E-state index >= 15 is 0 Å². The Morgan fingerprint density at radius 3 is 2.94 bits per heavy atom. The predicted octanol–water partition coefficient (Wildman–Crippen LogP) is 2.18. The maximum Gasteiger partial charge on any atom is 0.331 e. The van der Waals surface area contributed by atoms with E-state index in [0.717, 1.165) is 17.3 Å².